The molecule has 0 spiro atoms. The molecule has 3 heteroatoms. The fourth-order valence-corrected chi connectivity index (χ4v) is 2.73. The summed E-state index contributed by atoms with van der Waals surface area (Å²) in [5, 5.41) is 3.65. The van der Waals surface area contributed by atoms with Crippen molar-refractivity contribution in [3.63, 3.8) is 0 Å². The maximum Gasteiger partial charge on any atom is 0.111 e. The van der Waals surface area contributed by atoms with E-state index in [4.69, 9.17) is 0 Å². The Morgan fingerprint density at radius 1 is 1.50 bits per heavy atom. The van der Waals surface area contributed by atoms with E-state index in [1.807, 2.05) is 6.20 Å². The van der Waals surface area contributed by atoms with Crippen molar-refractivity contribution in [2.45, 2.75) is 51.0 Å². The fraction of sp³-hybridized carbons (Fsp3) is 0.769. The summed E-state index contributed by atoms with van der Waals surface area (Å²) < 4.78 is 2.17. The van der Waals surface area contributed by atoms with Crippen molar-refractivity contribution in [2.24, 2.45) is 7.05 Å². The minimum atomic E-state index is 0.656. The number of rotatable bonds is 4. The monoisotopic (exact) mass is 221 g/mol. The lowest BCUT2D eigenvalue weighted by molar-refractivity contribution is 0.329. The highest BCUT2D eigenvalue weighted by Gasteiger charge is 2.24. The highest BCUT2D eigenvalue weighted by atomic mass is 15.0. The Morgan fingerprint density at radius 2 is 2.38 bits per heavy atom. The van der Waals surface area contributed by atoms with Gasteiger partial charge in [0, 0.05) is 31.4 Å². The molecule has 0 bridgehead atoms. The first kappa shape index (κ1) is 11.6. The minimum Gasteiger partial charge on any atom is -0.338 e. The van der Waals surface area contributed by atoms with Crippen LogP contribution in [-0.4, -0.2) is 22.1 Å². The van der Waals surface area contributed by atoms with Gasteiger partial charge in [0.05, 0.1) is 0 Å². The molecular weight excluding hydrogens is 198 g/mol. The summed E-state index contributed by atoms with van der Waals surface area (Å²) in [5.41, 5.74) is 0. The zero-order valence-corrected chi connectivity index (χ0v) is 10.4. The van der Waals surface area contributed by atoms with Crippen LogP contribution in [0.3, 0.4) is 0 Å². The van der Waals surface area contributed by atoms with Gasteiger partial charge in [-0.05, 0) is 32.2 Å². The highest BCUT2D eigenvalue weighted by molar-refractivity contribution is 5.02. The number of aromatic nitrogens is 2. The van der Waals surface area contributed by atoms with Gasteiger partial charge in [-0.1, -0.05) is 13.3 Å². The quantitative estimate of drug-likeness (QED) is 0.846. The van der Waals surface area contributed by atoms with Crippen molar-refractivity contribution in [3.05, 3.63) is 18.2 Å². The Hall–Kier alpha value is -0.830. The number of nitrogens with one attached hydrogen (secondary N) is 1. The van der Waals surface area contributed by atoms with Gasteiger partial charge >= 0.3 is 0 Å². The van der Waals surface area contributed by atoms with Crippen molar-refractivity contribution in [1.29, 1.82) is 0 Å². The lowest BCUT2D eigenvalue weighted by Crippen LogP contribution is -2.34. The number of aryl methyl sites for hydroxylation is 1. The van der Waals surface area contributed by atoms with Gasteiger partial charge in [0.2, 0.25) is 0 Å². The van der Waals surface area contributed by atoms with E-state index in [1.165, 1.54) is 37.9 Å². The van der Waals surface area contributed by atoms with E-state index in [0.29, 0.717) is 12.0 Å². The molecule has 1 aromatic rings. The summed E-state index contributed by atoms with van der Waals surface area (Å²) in [7, 11) is 2.10. The minimum absolute atomic E-state index is 0.656. The molecular formula is C13H23N3. The summed E-state index contributed by atoms with van der Waals surface area (Å²) in [4.78, 5) is 4.49. The van der Waals surface area contributed by atoms with Crippen molar-refractivity contribution in [3.8, 4) is 0 Å². The predicted octanol–water partition coefficient (Wildman–Crippen LogP) is 2.45. The molecule has 1 saturated carbocycles. The Labute approximate surface area is 98.3 Å². The third-order valence-corrected chi connectivity index (χ3v) is 3.58. The van der Waals surface area contributed by atoms with E-state index in [-0.39, 0.29) is 0 Å². The van der Waals surface area contributed by atoms with Crippen LogP contribution < -0.4 is 5.32 Å². The molecule has 0 aliphatic heterocycles. The maximum atomic E-state index is 4.49. The maximum absolute atomic E-state index is 4.49. The highest BCUT2D eigenvalue weighted by Crippen LogP contribution is 2.31. The van der Waals surface area contributed by atoms with Crippen molar-refractivity contribution >= 4 is 0 Å². The second kappa shape index (κ2) is 5.48. The van der Waals surface area contributed by atoms with E-state index < -0.39 is 0 Å². The molecule has 2 atom stereocenters. The Bertz CT molecular complexity index is 319. The number of imidazole rings is 1. The van der Waals surface area contributed by atoms with E-state index in [9.17, 15) is 0 Å². The van der Waals surface area contributed by atoms with Gasteiger partial charge in [0.25, 0.3) is 0 Å². The van der Waals surface area contributed by atoms with E-state index >= 15 is 0 Å². The number of hydrogen-bond donors (Lipinski definition) is 1. The zero-order valence-electron chi connectivity index (χ0n) is 10.4. The van der Waals surface area contributed by atoms with Crippen LogP contribution in [0, 0.1) is 0 Å². The SMILES string of the molecule is CCCNC1CCCC(c2nccn2C)C1. The van der Waals surface area contributed by atoms with Crippen molar-refractivity contribution < 1.29 is 0 Å². The third-order valence-electron chi connectivity index (χ3n) is 3.58. The standard InChI is InChI=1S/C13H23N3/c1-3-7-14-12-6-4-5-11(10-12)13-15-8-9-16(13)2/h8-9,11-12,14H,3-7,10H2,1-2H3. The van der Waals surface area contributed by atoms with E-state index in [0.717, 1.165) is 6.54 Å². The van der Waals surface area contributed by atoms with Gasteiger partial charge < -0.3 is 9.88 Å². The van der Waals surface area contributed by atoms with Gasteiger partial charge in [-0.15, -0.1) is 0 Å². The van der Waals surface area contributed by atoms with Crippen molar-refractivity contribution in [1.82, 2.24) is 14.9 Å². The van der Waals surface area contributed by atoms with Gasteiger partial charge in [-0.3, -0.25) is 0 Å². The van der Waals surface area contributed by atoms with E-state index in [1.54, 1.807) is 0 Å². The second-order valence-electron chi connectivity index (χ2n) is 4.91. The Balaban J connectivity index is 1.94. The molecule has 0 saturated heterocycles. The number of hydrogen-bond acceptors (Lipinski definition) is 2. The molecule has 1 heterocycles. The molecule has 0 aromatic carbocycles. The average molecular weight is 221 g/mol. The van der Waals surface area contributed by atoms with Crippen LogP contribution in [0.1, 0.15) is 50.8 Å². The van der Waals surface area contributed by atoms with E-state index in [2.05, 4.69) is 35.0 Å². The van der Waals surface area contributed by atoms with Gasteiger partial charge in [-0.2, -0.15) is 0 Å². The Morgan fingerprint density at radius 3 is 3.06 bits per heavy atom. The van der Waals surface area contributed by atoms with Crippen LogP contribution in [0.4, 0.5) is 0 Å². The van der Waals surface area contributed by atoms with Crippen LogP contribution in [-0.2, 0) is 7.05 Å². The topological polar surface area (TPSA) is 29.9 Å². The van der Waals surface area contributed by atoms with Crippen LogP contribution in [0.2, 0.25) is 0 Å². The average Bonchev–Trinajstić information content (AvgIpc) is 2.73. The lowest BCUT2D eigenvalue weighted by atomic mass is 9.85. The molecule has 2 unspecified atom stereocenters. The summed E-state index contributed by atoms with van der Waals surface area (Å²) in [6.45, 7) is 3.38. The first-order valence-corrected chi connectivity index (χ1v) is 6.52. The summed E-state index contributed by atoms with van der Waals surface area (Å²) in [6, 6.07) is 0.704. The molecule has 1 aliphatic rings. The molecule has 0 radical (unpaired) electrons. The second-order valence-corrected chi connectivity index (χ2v) is 4.91. The van der Waals surface area contributed by atoms with Crippen LogP contribution in [0.5, 0.6) is 0 Å². The molecule has 1 N–H and O–H groups in total. The Kier molecular flexibility index (Phi) is 3.99. The summed E-state index contributed by atoms with van der Waals surface area (Å²) in [5.74, 6) is 1.92. The van der Waals surface area contributed by atoms with Gasteiger partial charge in [0.1, 0.15) is 5.82 Å². The molecule has 0 amide bonds. The van der Waals surface area contributed by atoms with Crippen molar-refractivity contribution in [2.75, 3.05) is 6.54 Å². The predicted molar refractivity (Wildman–Crippen MR) is 66.5 cm³/mol. The molecule has 1 aliphatic carbocycles. The third kappa shape index (κ3) is 2.64. The van der Waals surface area contributed by atoms with Crippen LogP contribution in [0.25, 0.3) is 0 Å². The zero-order chi connectivity index (χ0) is 11.4. The molecule has 90 valence electrons. The van der Waals surface area contributed by atoms with Crippen LogP contribution in [0.15, 0.2) is 12.4 Å². The van der Waals surface area contributed by atoms with Gasteiger partial charge in [0.15, 0.2) is 0 Å². The molecule has 2 rings (SSSR count). The fourth-order valence-electron chi connectivity index (χ4n) is 2.73. The first-order chi connectivity index (χ1) is 7.81. The summed E-state index contributed by atoms with van der Waals surface area (Å²) >= 11 is 0. The smallest absolute Gasteiger partial charge is 0.111 e. The molecule has 1 fully saturated rings. The molecule has 3 nitrogen and oxygen atoms in total. The first-order valence-electron chi connectivity index (χ1n) is 6.52. The van der Waals surface area contributed by atoms with Crippen LogP contribution >= 0.6 is 0 Å². The lowest BCUT2D eigenvalue weighted by Gasteiger charge is -2.29. The molecule has 16 heavy (non-hydrogen) atoms. The van der Waals surface area contributed by atoms with Gasteiger partial charge in [-0.25, -0.2) is 4.98 Å². The molecule has 1 aromatic heterocycles. The largest absolute Gasteiger partial charge is 0.338 e. The summed E-state index contributed by atoms with van der Waals surface area (Å²) in [6.07, 6.45) is 10.4. The number of nitrogens with zero attached hydrogens (tertiary/aromatic N) is 2. The normalized spacial score (nSPS) is 25.9.